The van der Waals surface area contributed by atoms with Crippen LogP contribution in [0.2, 0.25) is 0 Å². The number of hydrogen-bond donors (Lipinski definition) is 2. The first-order valence-electron chi connectivity index (χ1n) is 7.54. The van der Waals surface area contributed by atoms with Crippen LogP contribution in [-0.4, -0.2) is 33.2 Å². The van der Waals surface area contributed by atoms with Gasteiger partial charge in [-0.2, -0.15) is 0 Å². The molecule has 0 fully saturated rings. The van der Waals surface area contributed by atoms with Crippen molar-refractivity contribution in [3.8, 4) is 0 Å². The zero-order valence-corrected chi connectivity index (χ0v) is 13.9. The van der Waals surface area contributed by atoms with Gasteiger partial charge in [-0.3, -0.25) is 9.62 Å². The molecule has 3 N–H and O–H groups in total. The fourth-order valence-electron chi connectivity index (χ4n) is 2.20. The van der Waals surface area contributed by atoms with Crippen molar-refractivity contribution in [2.75, 3.05) is 29.3 Å². The van der Waals surface area contributed by atoms with Crippen molar-refractivity contribution >= 4 is 21.5 Å². The van der Waals surface area contributed by atoms with Crippen LogP contribution in [0, 0.1) is 0 Å². The molecule has 0 saturated heterocycles. The summed E-state index contributed by atoms with van der Waals surface area (Å²) in [6.45, 7) is 2.88. The molecule has 0 bridgehead atoms. The van der Waals surface area contributed by atoms with Gasteiger partial charge < -0.3 is 5.11 Å². The van der Waals surface area contributed by atoms with Crippen molar-refractivity contribution in [2.24, 2.45) is 0 Å². The number of H-pyrrole nitrogens is 1. The normalized spacial score (nSPS) is 11.2. The van der Waals surface area contributed by atoms with Crippen LogP contribution >= 0.6 is 0 Å². The van der Waals surface area contributed by atoms with E-state index in [9.17, 15) is 8.42 Å². The van der Waals surface area contributed by atoms with Crippen LogP contribution < -0.4 is 14.6 Å². The van der Waals surface area contributed by atoms with E-state index in [4.69, 9.17) is 5.11 Å². The number of pyridine rings is 1. The third kappa shape index (κ3) is 4.20. The minimum absolute atomic E-state index is 0.113. The fourth-order valence-corrected chi connectivity index (χ4v) is 3.64. The summed E-state index contributed by atoms with van der Waals surface area (Å²) in [5, 5.41) is 11.8. The van der Waals surface area contributed by atoms with E-state index in [1.807, 2.05) is 18.2 Å². The summed E-state index contributed by atoms with van der Waals surface area (Å²) in [5.74, 6) is 0.708. The molecule has 1 aromatic carbocycles. The Balaban J connectivity index is 2.21. The Morgan fingerprint density at radius 3 is 2.48 bits per heavy atom. The van der Waals surface area contributed by atoms with E-state index in [0.29, 0.717) is 31.0 Å². The zero-order valence-electron chi connectivity index (χ0n) is 13.1. The Bertz CT molecular complexity index is 703. The highest BCUT2D eigenvalue weighted by Gasteiger charge is 2.24. The second-order valence-corrected chi connectivity index (χ2v) is 6.81. The lowest BCUT2D eigenvalue weighted by Crippen LogP contribution is -2.31. The van der Waals surface area contributed by atoms with E-state index in [-0.39, 0.29) is 11.5 Å². The molecule has 1 heterocycles. The van der Waals surface area contributed by atoms with Crippen LogP contribution in [0.1, 0.15) is 13.3 Å². The topological polar surface area (TPSA) is 83.8 Å². The molecule has 0 aliphatic rings. The van der Waals surface area contributed by atoms with Gasteiger partial charge in [0.2, 0.25) is 0 Å². The maximum absolute atomic E-state index is 12.8. The minimum atomic E-state index is -3.61. The molecule has 124 valence electrons. The largest absolute Gasteiger partial charge is 0.396 e. The first-order chi connectivity index (χ1) is 11.1. The number of hydrogen-bond acceptors (Lipinski definition) is 4. The third-order valence-electron chi connectivity index (χ3n) is 3.35. The molecular weight excluding hydrogens is 314 g/mol. The molecule has 0 amide bonds. The molecule has 0 atom stereocenters. The second-order valence-electron chi connectivity index (χ2n) is 4.95. The number of anilines is 2. The monoisotopic (exact) mass is 336 g/mol. The smallest absolute Gasteiger partial charge is 0.272 e. The van der Waals surface area contributed by atoms with E-state index in [2.05, 4.69) is 10.3 Å². The van der Waals surface area contributed by atoms with Gasteiger partial charge in [-0.1, -0.05) is 18.2 Å². The minimum Gasteiger partial charge on any atom is -0.396 e. The van der Waals surface area contributed by atoms with E-state index in [0.717, 1.165) is 0 Å². The number of rotatable bonds is 8. The number of nitrogens with one attached hydrogen (secondary N) is 2. The Hall–Kier alpha value is -2.12. The molecule has 7 heteroatoms. The molecule has 1 aromatic heterocycles. The summed E-state index contributed by atoms with van der Waals surface area (Å²) < 4.78 is 26.9. The van der Waals surface area contributed by atoms with Crippen molar-refractivity contribution < 1.29 is 18.5 Å². The van der Waals surface area contributed by atoms with Crippen LogP contribution in [0.5, 0.6) is 0 Å². The highest BCUT2D eigenvalue weighted by atomic mass is 32.2. The van der Waals surface area contributed by atoms with Gasteiger partial charge in [0.15, 0.2) is 0 Å². The molecule has 0 aliphatic carbocycles. The van der Waals surface area contributed by atoms with Crippen LogP contribution in [0.15, 0.2) is 53.6 Å². The van der Waals surface area contributed by atoms with Gasteiger partial charge in [0.25, 0.3) is 15.8 Å². The second kappa shape index (κ2) is 7.94. The van der Waals surface area contributed by atoms with Gasteiger partial charge in [0.05, 0.1) is 12.2 Å². The quantitative estimate of drug-likeness (QED) is 0.716. The number of benzene rings is 1. The molecule has 2 rings (SSSR count). The van der Waals surface area contributed by atoms with Gasteiger partial charge in [0.1, 0.15) is 11.1 Å². The maximum atomic E-state index is 12.8. The van der Waals surface area contributed by atoms with E-state index in [1.54, 1.807) is 31.2 Å². The SMILES string of the molecule is CCN(c1ccccc1)S(=O)(=O)c1ccc(NCCCO)[nH+]c1. The molecule has 0 spiro atoms. The standard InChI is InChI=1S/C16H21N3O3S/c1-2-19(14-7-4-3-5-8-14)23(21,22)15-9-10-16(18-13-15)17-11-6-12-20/h3-5,7-10,13,20H,2,6,11-12H2,1H3,(H,17,18)/p+1. The van der Waals surface area contributed by atoms with E-state index in [1.165, 1.54) is 10.5 Å². The van der Waals surface area contributed by atoms with Crippen molar-refractivity contribution in [1.82, 2.24) is 0 Å². The number of aromatic nitrogens is 1. The molecule has 0 radical (unpaired) electrons. The maximum Gasteiger partial charge on any atom is 0.272 e. The fraction of sp³-hybridized carbons (Fsp3) is 0.312. The number of aliphatic hydroxyl groups is 1. The number of sulfonamides is 1. The summed E-state index contributed by atoms with van der Waals surface area (Å²) in [6, 6.07) is 12.3. The van der Waals surface area contributed by atoms with E-state index >= 15 is 0 Å². The summed E-state index contributed by atoms with van der Waals surface area (Å²) in [7, 11) is -3.61. The zero-order chi connectivity index (χ0) is 16.7. The highest BCUT2D eigenvalue weighted by Crippen LogP contribution is 2.22. The van der Waals surface area contributed by atoms with Crippen LogP contribution in [-0.2, 0) is 10.0 Å². The summed E-state index contributed by atoms with van der Waals surface area (Å²) in [5.41, 5.74) is 0.639. The Morgan fingerprint density at radius 1 is 1.17 bits per heavy atom. The van der Waals surface area contributed by atoms with Gasteiger partial charge in [-0.25, -0.2) is 13.4 Å². The third-order valence-corrected chi connectivity index (χ3v) is 5.25. The number of aromatic amines is 1. The first-order valence-corrected chi connectivity index (χ1v) is 8.98. The van der Waals surface area contributed by atoms with Gasteiger partial charge >= 0.3 is 0 Å². The highest BCUT2D eigenvalue weighted by molar-refractivity contribution is 7.92. The average Bonchev–Trinajstić information content (AvgIpc) is 2.57. The Morgan fingerprint density at radius 2 is 1.91 bits per heavy atom. The molecule has 0 aliphatic heterocycles. The number of aliphatic hydroxyl groups excluding tert-OH is 1. The summed E-state index contributed by atoms with van der Waals surface area (Å²) in [6.07, 6.45) is 2.10. The summed E-state index contributed by atoms with van der Waals surface area (Å²) in [4.78, 5) is 3.14. The van der Waals surface area contributed by atoms with Gasteiger partial charge in [0, 0.05) is 25.6 Å². The van der Waals surface area contributed by atoms with Crippen molar-refractivity contribution in [2.45, 2.75) is 18.2 Å². The lowest BCUT2D eigenvalue weighted by atomic mass is 10.3. The summed E-state index contributed by atoms with van der Waals surface area (Å²) >= 11 is 0. The van der Waals surface area contributed by atoms with Crippen LogP contribution in [0.4, 0.5) is 11.5 Å². The molecule has 0 unspecified atom stereocenters. The average molecular weight is 336 g/mol. The van der Waals surface area contributed by atoms with Crippen LogP contribution in [0.25, 0.3) is 0 Å². The first kappa shape index (κ1) is 17.2. The Kier molecular flexibility index (Phi) is 5.95. The lowest BCUT2D eigenvalue weighted by molar-refractivity contribution is -0.364. The molecular formula is C16H22N3O3S+. The number of nitrogens with zero attached hydrogens (tertiary/aromatic N) is 1. The predicted molar refractivity (Wildman–Crippen MR) is 89.8 cm³/mol. The van der Waals surface area contributed by atoms with E-state index < -0.39 is 10.0 Å². The molecule has 6 nitrogen and oxygen atoms in total. The number of para-hydroxylation sites is 1. The van der Waals surface area contributed by atoms with Crippen molar-refractivity contribution in [3.63, 3.8) is 0 Å². The predicted octanol–water partition coefficient (Wildman–Crippen LogP) is 1.51. The molecule has 0 saturated carbocycles. The van der Waals surface area contributed by atoms with Gasteiger partial charge in [-0.15, -0.1) is 0 Å². The van der Waals surface area contributed by atoms with Crippen molar-refractivity contribution in [3.05, 3.63) is 48.7 Å². The van der Waals surface area contributed by atoms with Crippen molar-refractivity contribution in [1.29, 1.82) is 0 Å². The molecule has 23 heavy (non-hydrogen) atoms. The van der Waals surface area contributed by atoms with Crippen LogP contribution in [0.3, 0.4) is 0 Å². The Labute approximate surface area is 136 Å². The lowest BCUT2D eigenvalue weighted by Gasteiger charge is -2.22. The van der Waals surface area contributed by atoms with Gasteiger partial charge in [-0.05, 0) is 25.1 Å². The molecule has 2 aromatic rings.